The van der Waals surface area contributed by atoms with E-state index in [1.807, 2.05) is 24.3 Å². The van der Waals surface area contributed by atoms with Gasteiger partial charge in [-0.25, -0.2) is 0 Å². The standard InChI is InChI=1S/C12H10O2S2/c13-9-5-1-3-7-11(9)15-16-12-8-4-2-6-10(12)14/h1-8,13-14H. The van der Waals surface area contributed by atoms with E-state index in [1.54, 1.807) is 24.3 Å². The minimum absolute atomic E-state index is 0.260. The minimum atomic E-state index is 0.260. The fraction of sp³-hybridized carbons (Fsp3) is 0. The fourth-order valence-electron chi connectivity index (χ4n) is 1.15. The van der Waals surface area contributed by atoms with Gasteiger partial charge >= 0.3 is 0 Å². The van der Waals surface area contributed by atoms with Gasteiger partial charge < -0.3 is 10.2 Å². The quantitative estimate of drug-likeness (QED) is 0.811. The number of para-hydroxylation sites is 2. The molecule has 2 N–H and O–H groups in total. The molecule has 0 saturated carbocycles. The number of rotatable bonds is 3. The lowest BCUT2D eigenvalue weighted by Gasteiger charge is -2.04. The van der Waals surface area contributed by atoms with Gasteiger partial charge in [0.2, 0.25) is 0 Å². The van der Waals surface area contributed by atoms with E-state index in [0.29, 0.717) is 0 Å². The van der Waals surface area contributed by atoms with Gasteiger partial charge in [-0.1, -0.05) is 24.3 Å². The summed E-state index contributed by atoms with van der Waals surface area (Å²) in [5.74, 6) is 0.519. The molecule has 0 aliphatic rings. The summed E-state index contributed by atoms with van der Waals surface area (Å²) >= 11 is 0. The second kappa shape index (κ2) is 5.18. The monoisotopic (exact) mass is 250 g/mol. The molecular weight excluding hydrogens is 240 g/mol. The van der Waals surface area contributed by atoms with E-state index in [2.05, 4.69) is 0 Å². The number of aromatic hydroxyl groups is 2. The van der Waals surface area contributed by atoms with Crippen LogP contribution >= 0.6 is 21.6 Å². The van der Waals surface area contributed by atoms with Crippen molar-refractivity contribution in [2.45, 2.75) is 9.79 Å². The van der Waals surface area contributed by atoms with Crippen LogP contribution in [0, 0.1) is 0 Å². The molecule has 0 unspecified atom stereocenters. The van der Waals surface area contributed by atoms with Crippen molar-refractivity contribution in [2.75, 3.05) is 0 Å². The van der Waals surface area contributed by atoms with Crippen molar-refractivity contribution in [3.05, 3.63) is 48.5 Å². The van der Waals surface area contributed by atoms with E-state index in [-0.39, 0.29) is 11.5 Å². The molecule has 2 nitrogen and oxygen atoms in total. The summed E-state index contributed by atoms with van der Waals surface area (Å²) in [7, 11) is 2.84. The Labute approximate surface area is 102 Å². The molecule has 0 aliphatic heterocycles. The Morgan fingerprint density at radius 3 is 1.38 bits per heavy atom. The Balaban J connectivity index is 2.09. The molecule has 0 spiro atoms. The highest BCUT2D eigenvalue weighted by atomic mass is 33.1. The third-order valence-corrected chi connectivity index (χ3v) is 4.41. The van der Waals surface area contributed by atoms with Crippen molar-refractivity contribution >= 4 is 21.6 Å². The Morgan fingerprint density at radius 1 is 0.625 bits per heavy atom. The maximum Gasteiger partial charge on any atom is 0.130 e. The minimum Gasteiger partial charge on any atom is -0.507 e. The van der Waals surface area contributed by atoms with Gasteiger partial charge in [-0.2, -0.15) is 0 Å². The first-order valence-electron chi connectivity index (χ1n) is 4.68. The van der Waals surface area contributed by atoms with Crippen LogP contribution in [0.4, 0.5) is 0 Å². The fourth-order valence-corrected chi connectivity index (χ4v) is 3.28. The molecule has 0 fully saturated rings. The molecule has 16 heavy (non-hydrogen) atoms. The number of phenolic OH excluding ortho intramolecular Hbond substituents is 2. The van der Waals surface area contributed by atoms with Gasteiger partial charge in [0.1, 0.15) is 11.5 Å². The summed E-state index contributed by atoms with van der Waals surface area (Å²) in [5, 5.41) is 19.1. The zero-order valence-corrected chi connectivity index (χ0v) is 9.96. The first-order valence-corrected chi connectivity index (χ1v) is 6.83. The molecule has 0 amide bonds. The number of phenols is 2. The van der Waals surface area contributed by atoms with E-state index in [0.717, 1.165) is 9.79 Å². The van der Waals surface area contributed by atoms with Crippen LogP contribution in [0.3, 0.4) is 0 Å². The number of benzene rings is 2. The van der Waals surface area contributed by atoms with Gasteiger partial charge in [-0.15, -0.1) is 0 Å². The summed E-state index contributed by atoms with van der Waals surface area (Å²) in [6, 6.07) is 14.3. The van der Waals surface area contributed by atoms with Crippen molar-refractivity contribution in [2.24, 2.45) is 0 Å². The van der Waals surface area contributed by atoms with E-state index >= 15 is 0 Å². The second-order valence-electron chi connectivity index (χ2n) is 3.10. The van der Waals surface area contributed by atoms with Gasteiger partial charge in [0.15, 0.2) is 0 Å². The second-order valence-corrected chi connectivity index (χ2v) is 5.32. The van der Waals surface area contributed by atoms with Crippen LogP contribution in [0.25, 0.3) is 0 Å². The third kappa shape index (κ3) is 2.65. The Morgan fingerprint density at radius 2 is 1.00 bits per heavy atom. The maximum absolute atomic E-state index is 9.56. The van der Waals surface area contributed by atoms with Crippen molar-refractivity contribution in [1.82, 2.24) is 0 Å². The van der Waals surface area contributed by atoms with E-state index < -0.39 is 0 Å². The van der Waals surface area contributed by atoms with Crippen LogP contribution in [0.5, 0.6) is 11.5 Å². The van der Waals surface area contributed by atoms with Gasteiger partial charge in [-0.05, 0) is 45.9 Å². The molecule has 4 heteroatoms. The van der Waals surface area contributed by atoms with Crippen LogP contribution in [0.1, 0.15) is 0 Å². The highest BCUT2D eigenvalue weighted by Crippen LogP contribution is 2.43. The first kappa shape index (κ1) is 11.2. The zero-order valence-electron chi connectivity index (χ0n) is 8.33. The smallest absolute Gasteiger partial charge is 0.130 e. The average Bonchev–Trinajstić information content (AvgIpc) is 2.30. The first-order chi connectivity index (χ1) is 7.77. The maximum atomic E-state index is 9.56. The van der Waals surface area contributed by atoms with Crippen molar-refractivity contribution < 1.29 is 10.2 Å². The molecule has 2 aromatic carbocycles. The molecule has 82 valence electrons. The largest absolute Gasteiger partial charge is 0.507 e. The number of hydrogen-bond donors (Lipinski definition) is 2. The van der Waals surface area contributed by atoms with Gasteiger partial charge in [-0.3, -0.25) is 0 Å². The molecular formula is C12H10O2S2. The summed E-state index contributed by atoms with van der Waals surface area (Å²) in [5.41, 5.74) is 0. The molecule has 0 heterocycles. The molecule has 0 atom stereocenters. The Hall–Kier alpha value is -1.26. The topological polar surface area (TPSA) is 40.5 Å². The summed E-state index contributed by atoms with van der Waals surface area (Å²) in [6.45, 7) is 0. The lowest BCUT2D eigenvalue weighted by molar-refractivity contribution is 0.461. The third-order valence-electron chi connectivity index (χ3n) is 1.95. The molecule has 0 aromatic heterocycles. The SMILES string of the molecule is Oc1ccccc1SSc1ccccc1O. The van der Waals surface area contributed by atoms with Crippen molar-refractivity contribution in [1.29, 1.82) is 0 Å². The number of hydrogen-bond acceptors (Lipinski definition) is 4. The van der Waals surface area contributed by atoms with Crippen LogP contribution in [0.2, 0.25) is 0 Å². The highest BCUT2D eigenvalue weighted by Gasteiger charge is 2.04. The van der Waals surface area contributed by atoms with Crippen molar-refractivity contribution in [3.8, 4) is 11.5 Å². The lowest BCUT2D eigenvalue weighted by atomic mass is 10.3. The predicted molar refractivity (Wildman–Crippen MR) is 67.9 cm³/mol. The Bertz CT molecular complexity index is 440. The van der Waals surface area contributed by atoms with E-state index in [9.17, 15) is 10.2 Å². The van der Waals surface area contributed by atoms with Crippen LogP contribution < -0.4 is 0 Å². The predicted octanol–water partition coefficient (Wildman–Crippen LogP) is 3.90. The van der Waals surface area contributed by atoms with E-state index in [4.69, 9.17) is 0 Å². The molecule has 0 aliphatic carbocycles. The summed E-state index contributed by atoms with van der Waals surface area (Å²) < 4.78 is 0. The van der Waals surface area contributed by atoms with Gasteiger partial charge in [0.05, 0.1) is 9.79 Å². The summed E-state index contributed by atoms with van der Waals surface area (Å²) in [6.07, 6.45) is 0. The van der Waals surface area contributed by atoms with Crippen LogP contribution in [-0.4, -0.2) is 10.2 Å². The average molecular weight is 250 g/mol. The molecule has 0 radical (unpaired) electrons. The van der Waals surface area contributed by atoms with Crippen LogP contribution in [-0.2, 0) is 0 Å². The molecule has 2 rings (SSSR count). The normalized spacial score (nSPS) is 10.2. The van der Waals surface area contributed by atoms with Gasteiger partial charge in [0.25, 0.3) is 0 Å². The Kier molecular flexibility index (Phi) is 3.64. The molecule has 0 bridgehead atoms. The van der Waals surface area contributed by atoms with E-state index in [1.165, 1.54) is 21.6 Å². The van der Waals surface area contributed by atoms with Gasteiger partial charge in [0, 0.05) is 0 Å². The highest BCUT2D eigenvalue weighted by molar-refractivity contribution is 8.76. The van der Waals surface area contributed by atoms with Crippen molar-refractivity contribution in [3.63, 3.8) is 0 Å². The van der Waals surface area contributed by atoms with Crippen LogP contribution in [0.15, 0.2) is 58.3 Å². The molecule has 2 aromatic rings. The zero-order chi connectivity index (χ0) is 11.4. The molecule has 0 saturated heterocycles. The summed E-state index contributed by atoms with van der Waals surface area (Å²) in [4.78, 5) is 1.58. The lowest BCUT2D eigenvalue weighted by Crippen LogP contribution is -1.72.